The molecule has 1 N–H and O–H groups in total. The minimum Gasteiger partial charge on any atom is -0.497 e. The SMILES string of the molecule is COc1ccc2c(C)cc3nnc(SC(C)C(=O)Nc4ccc(Br)cc4)n3c2c1. The molecule has 0 spiro atoms. The number of carbonyl (C=O) groups excluding carboxylic acids is 1. The lowest BCUT2D eigenvalue weighted by molar-refractivity contribution is -0.115. The maximum atomic E-state index is 12.7. The Morgan fingerprint density at radius 2 is 1.93 bits per heavy atom. The second-order valence-corrected chi connectivity index (χ2v) is 8.87. The van der Waals surface area contributed by atoms with Crippen molar-refractivity contribution >= 4 is 55.8 Å². The van der Waals surface area contributed by atoms with Crippen molar-refractivity contribution in [3.63, 3.8) is 0 Å². The second kappa shape index (κ2) is 8.04. The first-order valence-electron chi connectivity index (χ1n) is 9.02. The van der Waals surface area contributed by atoms with Crippen LogP contribution in [0.4, 0.5) is 5.69 Å². The number of pyridine rings is 1. The van der Waals surface area contributed by atoms with E-state index >= 15 is 0 Å². The van der Waals surface area contributed by atoms with E-state index in [0.29, 0.717) is 5.16 Å². The van der Waals surface area contributed by atoms with Crippen LogP contribution < -0.4 is 10.1 Å². The molecule has 2 aromatic heterocycles. The summed E-state index contributed by atoms with van der Waals surface area (Å²) in [5.74, 6) is 0.665. The molecule has 29 heavy (non-hydrogen) atoms. The lowest BCUT2D eigenvalue weighted by Crippen LogP contribution is -2.22. The zero-order valence-electron chi connectivity index (χ0n) is 16.1. The van der Waals surface area contributed by atoms with E-state index in [0.717, 1.165) is 38.0 Å². The Bertz CT molecular complexity index is 1210. The number of nitrogens with zero attached hydrogens (tertiary/aromatic N) is 3. The highest BCUT2D eigenvalue weighted by Crippen LogP contribution is 2.30. The number of methoxy groups -OCH3 is 1. The van der Waals surface area contributed by atoms with E-state index in [1.807, 2.05) is 66.8 Å². The van der Waals surface area contributed by atoms with Crippen molar-refractivity contribution in [2.45, 2.75) is 24.3 Å². The van der Waals surface area contributed by atoms with E-state index in [1.54, 1.807) is 7.11 Å². The van der Waals surface area contributed by atoms with Gasteiger partial charge in [0.1, 0.15) is 5.75 Å². The fourth-order valence-corrected chi connectivity index (χ4v) is 4.23. The van der Waals surface area contributed by atoms with Gasteiger partial charge in [-0.15, -0.1) is 10.2 Å². The number of benzene rings is 2. The topological polar surface area (TPSA) is 68.5 Å². The normalized spacial score (nSPS) is 12.3. The molecule has 0 fully saturated rings. The van der Waals surface area contributed by atoms with Crippen LogP contribution in [0.5, 0.6) is 5.75 Å². The molecular weight excluding hydrogens is 452 g/mol. The molecule has 0 saturated carbocycles. The van der Waals surface area contributed by atoms with E-state index in [2.05, 4.69) is 31.4 Å². The first-order chi connectivity index (χ1) is 14.0. The zero-order chi connectivity index (χ0) is 20.5. The first-order valence-corrected chi connectivity index (χ1v) is 10.7. The predicted octanol–water partition coefficient (Wildman–Crippen LogP) is 5.08. The van der Waals surface area contributed by atoms with Gasteiger partial charge in [-0.3, -0.25) is 9.20 Å². The van der Waals surface area contributed by atoms with Gasteiger partial charge >= 0.3 is 0 Å². The number of thioether (sulfide) groups is 1. The number of fused-ring (bicyclic) bond motifs is 3. The van der Waals surface area contributed by atoms with Crippen molar-refractivity contribution in [2.75, 3.05) is 12.4 Å². The van der Waals surface area contributed by atoms with Crippen LogP contribution in [0.2, 0.25) is 0 Å². The maximum Gasteiger partial charge on any atom is 0.237 e. The standard InChI is InChI=1S/C21H19BrN4O2S/c1-12-10-19-24-25-21(26(19)18-11-16(28-3)8-9-17(12)18)29-13(2)20(27)23-15-6-4-14(22)5-7-15/h4-11,13H,1-3H3,(H,23,27). The highest BCUT2D eigenvalue weighted by molar-refractivity contribution is 9.10. The van der Waals surface area contributed by atoms with Crippen LogP contribution in [0.1, 0.15) is 12.5 Å². The lowest BCUT2D eigenvalue weighted by Gasteiger charge is -2.13. The summed E-state index contributed by atoms with van der Waals surface area (Å²) in [6, 6.07) is 15.4. The van der Waals surface area contributed by atoms with E-state index in [1.165, 1.54) is 11.8 Å². The van der Waals surface area contributed by atoms with Crippen molar-refractivity contribution < 1.29 is 9.53 Å². The Hall–Kier alpha value is -2.58. The molecule has 0 saturated heterocycles. The monoisotopic (exact) mass is 470 g/mol. The number of halogens is 1. The number of amides is 1. The van der Waals surface area contributed by atoms with Crippen LogP contribution in [0.15, 0.2) is 58.2 Å². The molecule has 6 nitrogen and oxygen atoms in total. The van der Waals surface area contributed by atoms with Crippen LogP contribution in [0, 0.1) is 6.92 Å². The lowest BCUT2D eigenvalue weighted by atomic mass is 10.1. The van der Waals surface area contributed by atoms with Crippen molar-refractivity contribution in [2.24, 2.45) is 0 Å². The molecule has 4 aromatic rings. The number of aryl methyl sites for hydroxylation is 1. The number of anilines is 1. The van der Waals surface area contributed by atoms with E-state index in [4.69, 9.17) is 4.74 Å². The second-order valence-electron chi connectivity index (χ2n) is 6.64. The number of aromatic nitrogens is 3. The molecule has 4 rings (SSSR count). The summed E-state index contributed by atoms with van der Waals surface area (Å²) in [6.45, 7) is 3.90. The fraction of sp³-hybridized carbons (Fsp3) is 0.190. The van der Waals surface area contributed by atoms with Gasteiger partial charge in [0.2, 0.25) is 5.91 Å². The third-order valence-electron chi connectivity index (χ3n) is 4.64. The Morgan fingerprint density at radius 3 is 2.66 bits per heavy atom. The molecule has 1 atom stereocenters. The summed E-state index contributed by atoms with van der Waals surface area (Å²) in [5, 5.41) is 13.0. The maximum absolute atomic E-state index is 12.7. The summed E-state index contributed by atoms with van der Waals surface area (Å²) >= 11 is 4.77. The van der Waals surface area contributed by atoms with Gasteiger partial charge in [-0.2, -0.15) is 0 Å². The third kappa shape index (κ3) is 3.95. The van der Waals surface area contributed by atoms with Crippen LogP contribution in [-0.2, 0) is 4.79 Å². The number of carbonyl (C=O) groups is 1. The Morgan fingerprint density at radius 1 is 1.17 bits per heavy atom. The molecular formula is C21H19BrN4O2S. The van der Waals surface area contributed by atoms with Crippen LogP contribution in [0.3, 0.4) is 0 Å². The molecule has 0 aliphatic rings. The number of nitrogens with one attached hydrogen (secondary N) is 1. The molecule has 148 valence electrons. The number of ether oxygens (including phenoxy) is 1. The molecule has 1 unspecified atom stereocenters. The number of hydrogen-bond donors (Lipinski definition) is 1. The van der Waals surface area contributed by atoms with Gasteiger partial charge in [0, 0.05) is 21.6 Å². The average Bonchev–Trinajstić information content (AvgIpc) is 3.11. The van der Waals surface area contributed by atoms with Gasteiger partial charge in [0.15, 0.2) is 10.8 Å². The minimum atomic E-state index is -0.354. The average molecular weight is 471 g/mol. The van der Waals surface area contributed by atoms with E-state index < -0.39 is 0 Å². The molecule has 0 radical (unpaired) electrons. The fourth-order valence-electron chi connectivity index (χ4n) is 3.09. The smallest absolute Gasteiger partial charge is 0.237 e. The van der Waals surface area contributed by atoms with Gasteiger partial charge in [0.25, 0.3) is 0 Å². The summed E-state index contributed by atoms with van der Waals surface area (Å²) in [5.41, 5.74) is 3.56. The summed E-state index contributed by atoms with van der Waals surface area (Å²) in [7, 11) is 1.64. The number of rotatable bonds is 5. The first kappa shape index (κ1) is 19.7. The largest absolute Gasteiger partial charge is 0.497 e. The van der Waals surface area contributed by atoms with Gasteiger partial charge < -0.3 is 10.1 Å². The van der Waals surface area contributed by atoms with Crippen molar-refractivity contribution in [1.29, 1.82) is 0 Å². The van der Waals surface area contributed by atoms with Crippen molar-refractivity contribution in [3.05, 3.63) is 58.6 Å². The molecule has 8 heteroatoms. The van der Waals surface area contributed by atoms with E-state index in [-0.39, 0.29) is 11.2 Å². The third-order valence-corrected chi connectivity index (χ3v) is 6.21. The van der Waals surface area contributed by atoms with Crippen LogP contribution in [-0.4, -0.2) is 32.9 Å². The minimum absolute atomic E-state index is 0.0944. The molecule has 2 heterocycles. The summed E-state index contributed by atoms with van der Waals surface area (Å²) in [6.07, 6.45) is 0. The Kier molecular flexibility index (Phi) is 5.47. The van der Waals surface area contributed by atoms with Crippen molar-refractivity contribution in [1.82, 2.24) is 14.6 Å². The van der Waals surface area contributed by atoms with Crippen LogP contribution >= 0.6 is 27.7 Å². The summed E-state index contributed by atoms with van der Waals surface area (Å²) in [4.78, 5) is 12.7. The van der Waals surface area contributed by atoms with Gasteiger partial charge in [-0.1, -0.05) is 27.7 Å². The predicted molar refractivity (Wildman–Crippen MR) is 120 cm³/mol. The van der Waals surface area contributed by atoms with E-state index in [9.17, 15) is 4.79 Å². The highest BCUT2D eigenvalue weighted by Gasteiger charge is 2.20. The van der Waals surface area contributed by atoms with Gasteiger partial charge in [0.05, 0.1) is 17.9 Å². The Balaban J connectivity index is 1.66. The Labute approximate surface area is 180 Å². The van der Waals surface area contributed by atoms with Crippen LogP contribution in [0.25, 0.3) is 16.6 Å². The number of hydrogen-bond acceptors (Lipinski definition) is 5. The zero-order valence-corrected chi connectivity index (χ0v) is 18.5. The van der Waals surface area contributed by atoms with Crippen molar-refractivity contribution in [3.8, 4) is 5.75 Å². The molecule has 1 amide bonds. The molecule has 2 aromatic carbocycles. The highest BCUT2D eigenvalue weighted by atomic mass is 79.9. The van der Waals surface area contributed by atoms with Gasteiger partial charge in [-0.25, -0.2) is 0 Å². The summed E-state index contributed by atoms with van der Waals surface area (Å²) < 4.78 is 8.33. The molecule has 0 aliphatic heterocycles. The quantitative estimate of drug-likeness (QED) is 0.411. The molecule has 0 aliphatic carbocycles. The molecule has 0 bridgehead atoms. The van der Waals surface area contributed by atoms with Gasteiger partial charge in [-0.05, 0) is 61.9 Å².